The van der Waals surface area contributed by atoms with E-state index in [1.54, 1.807) is 24.5 Å². The fourth-order valence-corrected chi connectivity index (χ4v) is 3.82. The number of aromatic nitrogens is 5. The van der Waals surface area contributed by atoms with E-state index in [0.717, 1.165) is 33.4 Å². The summed E-state index contributed by atoms with van der Waals surface area (Å²) in [4.78, 5) is 13.4. The first-order chi connectivity index (χ1) is 16.2. The minimum absolute atomic E-state index is 0. The summed E-state index contributed by atoms with van der Waals surface area (Å²) in [5, 5.41) is 20.3. The fraction of sp³-hybridized carbons (Fsp3) is 0. The largest absolute Gasteiger partial charge is 0.507 e. The topological polar surface area (TPSA) is 84.7 Å². The number of phenolic OH excluding ortho intramolecular Hbond substituents is 1. The van der Waals surface area contributed by atoms with E-state index in [2.05, 4.69) is 26.2 Å². The molecule has 0 unspecified atom stereocenters. The van der Waals surface area contributed by atoms with Crippen LogP contribution < -0.4 is 0 Å². The molecule has 0 amide bonds. The van der Waals surface area contributed by atoms with Crippen molar-refractivity contribution >= 4 is 21.9 Å². The van der Waals surface area contributed by atoms with Crippen LogP contribution in [0.4, 0.5) is 0 Å². The number of hydrogen-bond acceptors (Lipinski definition) is 6. The second-order valence-electron chi connectivity index (χ2n) is 7.59. The molecular formula is C27H16N5OPt-. The monoisotopic (exact) mass is 621 g/mol. The van der Waals surface area contributed by atoms with Gasteiger partial charge in [0, 0.05) is 56.5 Å². The molecule has 6 nitrogen and oxygen atoms in total. The third kappa shape index (κ3) is 4.04. The van der Waals surface area contributed by atoms with Crippen LogP contribution in [-0.4, -0.2) is 30.3 Å². The van der Waals surface area contributed by atoms with Gasteiger partial charge < -0.3 is 5.11 Å². The van der Waals surface area contributed by atoms with Crippen LogP contribution in [0.3, 0.4) is 0 Å². The van der Waals surface area contributed by atoms with Crippen molar-refractivity contribution < 1.29 is 26.2 Å². The van der Waals surface area contributed by atoms with Crippen molar-refractivity contribution in [3.8, 4) is 39.5 Å². The Morgan fingerprint density at radius 1 is 0.618 bits per heavy atom. The SMILES string of the molecule is Oc1cc2nccnc2cc1-c1cccc(-c2[c-]c(-c3cc4ccccc4nn3)ccc2)n1.[Pt]. The maximum absolute atomic E-state index is 10.6. The summed E-state index contributed by atoms with van der Waals surface area (Å²) in [6.07, 6.45) is 3.23. The van der Waals surface area contributed by atoms with Crippen LogP contribution in [0, 0.1) is 6.07 Å². The molecule has 0 fully saturated rings. The smallest absolute Gasteiger partial charge is 0.127 e. The second-order valence-corrected chi connectivity index (χ2v) is 7.59. The molecule has 0 saturated carbocycles. The Kier molecular flexibility index (Phi) is 5.82. The van der Waals surface area contributed by atoms with Crippen LogP contribution >= 0.6 is 0 Å². The molecule has 0 aliphatic heterocycles. The van der Waals surface area contributed by atoms with Crippen molar-refractivity contribution in [1.29, 1.82) is 0 Å². The molecule has 7 heteroatoms. The van der Waals surface area contributed by atoms with Gasteiger partial charge >= 0.3 is 0 Å². The van der Waals surface area contributed by atoms with Gasteiger partial charge in [-0.3, -0.25) is 15.0 Å². The quantitative estimate of drug-likeness (QED) is 0.264. The average Bonchev–Trinajstić information content (AvgIpc) is 2.88. The number of phenols is 1. The second kappa shape index (κ2) is 9.08. The van der Waals surface area contributed by atoms with Crippen LogP contribution in [0.2, 0.25) is 0 Å². The zero-order chi connectivity index (χ0) is 22.2. The molecule has 6 aromatic rings. The number of pyridine rings is 1. The fourth-order valence-electron chi connectivity index (χ4n) is 3.82. The van der Waals surface area contributed by atoms with Gasteiger partial charge in [-0.1, -0.05) is 47.5 Å². The van der Waals surface area contributed by atoms with Crippen LogP contribution in [0.25, 0.3) is 55.7 Å². The van der Waals surface area contributed by atoms with Crippen LogP contribution in [0.1, 0.15) is 0 Å². The van der Waals surface area contributed by atoms with E-state index >= 15 is 0 Å². The van der Waals surface area contributed by atoms with Gasteiger partial charge in [0.2, 0.25) is 0 Å². The molecule has 0 saturated heterocycles. The molecule has 0 spiro atoms. The van der Waals surface area contributed by atoms with Gasteiger partial charge in [0.15, 0.2) is 0 Å². The normalized spacial score (nSPS) is 10.8. The molecule has 0 atom stereocenters. The Labute approximate surface area is 209 Å². The Bertz CT molecular complexity index is 1650. The molecule has 0 aliphatic carbocycles. The third-order valence-corrected chi connectivity index (χ3v) is 5.45. The maximum atomic E-state index is 10.6. The Balaban J connectivity index is 0.00000241. The minimum Gasteiger partial charge on any atom is -0.507 e. The molecule has 0 bridgehead atoms. The number of hydrogen-bond donors (Lipinski definition) is 1. The van der Waals surface area contributed by atoms with Gasteiger partial charge in [-0.25, -0.2) is 0 Å². The summed E-state index contributed by atoms with van der Waals surface area (Å²) >= 11 is 0. The molecule has 3 heterocycles. The standard InChI is InChI=1S/C27H16N5O.Pt/c33-27-16-26-25(28-11-12-29-26)15-20(27)23-10-4-9-21(30-23)17-6-3-7-18(13-17)24-14-19-5-1-2-8-22(19)31-32-24;/h1-12,14-16,33H;/q-1;. The summed E-state index contributed by atoms with van der Waals surface area (Å²) in [5.41, 5.74) is 6.56. The average molecular weight is 622 g/mol. The molecule has 0 aliphatic rings. The molecule has 3 aromatic heterocycles. The summed E-state index contributed by atoms with van der Waals surface area (Å²) in [6.45, 7) is 0. The van der Waals surface area contributed by atoms with Crippen LogP contribution in [-0.2, 0) is 21.1 Å². The number of fused-ring (bicyclic) bond motifs is 2. The molecule has 1 N–H and O–H groups in total. The Morgan fingerprint density at radius 2 is 1.32 bits per heavy atom. The van der Waals surface area contributed by atoms with E-state index in [1.807, 2.05) is 66.7 Å². The van der Waals surface area contributed by atoms with Gasteiger partial charge in [0.25, 0.3) is 0 Å². The first-order valence-corrected chi connectivity index (χ1v) is 10.4. The van der Waals surface area contributed by atoms with E-state index in [4.69, 9.17) is 4.98 Å². The molecule has 3 aromatic carbocycles. The minimum atomic E-state index is 0. The third-order valence-electron chi connectivity index (χ3n) is 5.45. The Morgan fingerprint density at radius 3 is 2.18 bits per heavy atom. The van der Waals surface area contributed by atoms with E-state index in [1.165, 1.54) is 0 Å². The summed E-state index contributed by atoms with van der Waals surface area (Å²) in [5.74, 6) is 0.108. The van der Waals surface area contributed by atoms with Crippen LogP contribution in [0.15, 0.2) is 91.3 Å². The summed E-state index contributed by atoms with van der Waals surface area (Å²) in [7, 11) is 0. The van der Waals surface area contributed by atoms with Gasteiger partial charge in [0.1, 0.15) is 5.75 Å². The zero-order valence-electron chi connectivity index (χ0n) is 17.7. The predicted octanol–water partition coefficient (Wildman–Crippen LogP) is 5.47. The maximum Gasteiger partial charge on any atom is 0.127 e. The van der Waals surface area contributed by atoms with Gasteiger partial charge in [-0.05, 0) is 23.6 Å². The van der Waals surface area contributed by atoms with E-state index < -0.39 is 0 Å². The van der Waals surface area contributed by atoms with Crippen molar-refractivity contribution in [3.63, 3.8) is 0 Å². The van der Waals surface area contributed by atoms with E-state index in [-0.39, 0.29) is 26.8 Å². The van der Waals surface area contributed by atoms with Crippen LogP contribution in [0.5, 0.6) is 5.75 Å². The predicted molar refractivity (Wildman–Crippen MR) is 127 cm³/mol. The van der Waals surface area contributed by atoms with E-state index in [0.29, 0.717) is 22.3 Å². The Hall–Kier alpha value is -4.02. The van der Waals surface area contributed by atoms with Crippen molar-refractivity contribution in [2.45, 2.75) is 0 Å². The molecule has 0 radical (unpaired) electrons. The van der Waals surface area contributed by atoms with Crippen molar-refractivity contribution in [1.82, 2.24) is 25.1 Å². The first-order valence-electron chi connectivity index (χ1n) is 10.4. The number of benzene rings is 3. The molecule has 166 valence electrons. The first kappa shape index (κ1) is 21.8. The molecule has 6 rings (SSSR count). The van der Waals surface area contributed by atoms with Crippen molar-refractivity contribution in [2.24, 2.45) is 0 Å². The van der Waals surface area contributed by atoms with Gasteiger partial charge in [-0.15, -0.1) is 24.3 Å². The van der Waals surface area contributed by atoms with Gasteiger partial charge in [-0.2, -0.15) is 10.2 Å². The van der Waals surface area contributed by atoms with E-state index in [9.17, 15) is 5.11 Å². The molecule has 34 heavy (non-hydrogen) atoms. The zero-order valence-corrected chi connectivity index (χ0v) is 19.9. The number of nitrogens with zero attached hydrogens (tertiary/aromatic N) is 5. The summed E-state index contributed by atoms with van der Waals surface area (Å²) < 4.78 is 0. The van der Waals surface area contributed by atoms with Crippen molar-refractivity contribution in [3.05, 3.63) is 97.3 Å². The van der Waals surface area contributed by atoms with Crippen molar-refractivity contribution in [2.75, 3.05) is 0 Å². The molecular weight excluding hydrogens is 605 g/mol. The number of aromatic hydroxyl groups is 1. The summed E-state index contributed by atoms with van der Waals surface area (Å²) in [6, 6.07) is 28.3. The van der Waals surface area contributed by atoms with Gasteiger partial charge in [0.05, 0.1) is 22.2 Å². The number of rotatable bonds is 3.